The smallest absolute Gasteiger partial charge is 0.0716 e. The Morgan fingerprint density at radius 2 is 1.88 bits per heavy atom. The van der Waals surface area contributed by atoms with Crippen molar-refractivity contribution in [3.8, 4) is 0 Å². The van der Waals surface area contributed by atoms with Gasteiger partial charge in [0.25, 0.3) is 0 Å². The maximum absolute atomic E-state index is 5.52. The van der Waals surface area contributed by atoms with Crippen molar-refractivity contribution in [2.45, 2.75) is 39.7 Å². The average Bonchev–Trinajstić information content (AvgIpc) is 2.37. The zero-order valence-corrected chi connectivity index (χ0v) is 11.3. The first-order chi connectivity index (χ1) is 8.27. The molecule has 2 heteroatoms. The van der Waals surface area contributed by atoms with Gasteiger partial charge in [0.1, 0.15) is 0 Å². The topological polar surface area (TPSA) is 21.3 Å². The zero-order valence-electron chi connectivity index (χ0n) is 11.3. The molecule has 1 atom stereocenters. The molecule has 0 radical (unpaired) electrons. The van der Waals surface area contributed by atoms with Crippen LogP contribution in [-0.2, 0) is 11.3 Å². The van der Waals surface area contributed by atoms with Crippen LogP contribution in [-0.4, -0.2) is 19.7 Å². The Labute approximate surface area is 105 Å². The van der Waals surface area contributed by atoms with Crippen LogP contribution < -0.4 is 5.32 Å². The number of ether oxygens (including phenoxy) is 1. The van der Waals surface area contributed by atoms with Gasteiger partial charge in [-0.05, 0) is 30.0 Å². The molecule has 17 heavy (non-hydrogen) atoms. The van der Waals surface area contributed by atoms with E-state index in [1.54, 1.807) is 0 Å². The first-order valence-corrected chi connectivity index (χ1v) is 6.65. The summed E-state index contributed by atoms with van der Waals surface area (Å²) in [5.41, 5.74) is 2.66. The normalized spacial score (nSPS) is 12.6. The molecular formula is C15H25NO. The molecule has 0 aromatic heterocycles. The summed E-state index contributed by atoms with van der Waals surface area (Å²) in [5, 5.41) is 3.38. The molecule has 2 nitrogen and oxygen atoms in total. The summed E-state index contributed by atoms with van der Waals surface area (Å²) in [6, 6.07) is 8.78. The van der Waals surface area contributed by atoms with Crippen LogP contribution in [0, 0.1) is 0 Å². The van der Waals surface area contributed by atoms with E-state index in [0.717, 1.165) is 32.7 Å². The molecule has 1 unspecified atom stereocenters. The lowest BCUT2D eigenvalue weighted by Crippen LogP contribution is -2.19. The van der Waals surface area contributed by atoms with Crippen molar-refractivity contribution < 1.29 is 4.74 Å². The molecular weight excluding hydrogens is 210 g/mol. The highest BCUT2D eigenvalue weighted by molar-refractivity contribution is 5.24. The van der Waals surface area contributed by atoms with Crippen LogP contribution in [0.5, 0.6) is 0 Å². The summed E-state index contributed by atoms with van der Waals surface area (Å²) < 4.78 is 5.52. The van der Waals surface area contributed by atoms with Crippen LogP contribution in [0.2, 0.25) is 0 Å². The molecule has 0 bridgehead atoms. The molecule has 1 N–H and O–H groups in total. The van der Waals surface area contributed by atoms with Gasteiger partial charge in [-0.25, -0.2) is 0 Å². The van der Waals surface area contributed by atoms with Crippen LogP contribution in [0.15, 0.2) is 24.3 Å². The van der Waals surface area contributed by atoms with E-state index < -0.39 is 0 Å². The fraction of sp³-hybridized carbons (Fsp3) is 0.600. The quantitative estimate of drug-likeness (QED) is 0.698. The summed E-state index contributed by atoms with van der Waals surface area (Å²) in [6.07, 6.45) is 1.08. The van der Waals surface area contributed by atoms with Crippen molar-refractivity contribution >= 4 is 0 Å². The first-order valence-electron chi connectivity index (χ1n) is 6.65. The summed E-state index contributed by atoms with van der Waals surface area (Å²) in [4.78, 5) is 0. The van der Waals surface area contributed by atoms with Crippen LogP contribution in [0.3, 0.4) is 0 Å². The van der Waals surface area contributed by atoms with Gasteiger partial charge >= 0.3 is 0 Å². The highest BCUT2D eigenvalue weighted by Crippen LogP contribution is 2.15. The number of benzene rings is 1. The molecule has 1 aromatic carbocycles. The second kappa shape index (κ2) is 8.26. The minimum atomic E-state index is 0.570. The molecule has 96 valence electrons. The summed E-state index contributed by atoms with van der Waals surface area (Å²) in [5.74, 6) is 0.570. The monoisotopic (exact) mass is 235 g/mol. The molecule has 1 aromatic rings. The molecule has 0 amide bonds. The van der Waals surface area contributed by atoms with Gasteiger partial charge in [-0.15, -0.1) is 0 Å². The van der Waals surface area contributed by atoms with Gasteiger partial charge in [-0.3, -0.25) is 0 Å². The Kier molecular flexibility index (Phi) is 6.90. The van der Waals surface area contributed by atoms with Crippen molar-refractivity contribution in [2.75, 3.05) is 19.7 Å². The number of hydrogen-bond donors (Lipinski definition) is 1. The average molecular weight is 235 g/mol. The second-order valence-electron chi connectivity index (χ2n) is 4.50. The van der Waals surface area contributed by atoms with Gasteiger partial charge in [0.2, 0.25) is 0 Å². The largest absolute Gasteiger partial charge is 0.377 e. The van der Waals surface area contributed by atoms with E-state index in [2.05, 4.69) is 50.4 Å². The number of hydrogen-bond acceptors (Lipinski definition) is 2. The van der Waals surface area contributed by atoms with E-state index >= 15 is 0 Å². The maximum Gasteiger partial charge on any atom is 0.0716 e. The summed E-state index contributed by atoms with van der Waals surface area (Å²) >= 11 is 0. The Balaban J connectivity index is 2.43. The second-order valence-corrected chi connectivity index (χ2v) is 4.50. The Morgan fingerprint density at radius 1 is 1.18 bits per heavy atom. The van der Waals surface area contributed by atoms with Gasteiger partial charge < -0.3 is 10.1 Å². The minimum absolute atomic E-state index is 0.570. The Hall–Kier alpha value is -0.860. The lowest BCUT2D eigenvalue weighted by molar-refractivity contribution is 0.121. The van der Waals surface area contributed by atoms with E-state index in [0.29, 0.717) is 5.92 Å². The van der Waals surface area contributed by atoms with E-state index in [1.165, 1.54) is 11.1 Å². The van der Waals surface area contributed by atoms with Crippen LogP contribution in [0.1, 0.15) is 44.2 Å². The van der Waals surface area contributed by atoms with E-state index in [4.69, 9.17) is 4.74 Å². The molecule has 0 aliphatic rings. The predicted octanol–water partition coefficient (Wildman–Crippen LogP) is 3.33. The van der Waals surface area contributed by atoms with Crippen LogP contribution in [0.25, 0.3) is 0 Å². The van der Waals surface area contributed by atoms with Gasteiger partial charge in [0.15, 0.2) is 0 Å². The molecule has 0 saturated carbocycles. The molecule has 0 fully saturated rings. The fourth-order valence-electron chi connectivity index (χ4n) is 1.76. The minimum Gasteiger partial charge on any atom is -0.377 e. The van der Waals surface area contributed by atoms with Crippen LogP contribution in [0.4, 0.5) is 0 Å². The Morgan fingerprint density at radius 3 is 2.47 bits per heavy atom. The lowest BCUT2D eigenvalue weighted by Gasteiger charge is -2.12. The van der Waals surface area contributed by atoms with Crippen molar-refractivity contribution in [2.24, 2.45) is 0 Å². The first kappa shape index (κ1) is 14.2. The van der Waals surface area contributed by atoms with Crippen molar-refractivity contribution in [1.29, 1.82) is 0 Å². The van der Waals surface area contributed by atoms with E-state index in [1.807, 2.05) is 0 Å². The third-order valence-electron chi connectivity index (χ3n) is 2.87. The molecule has 0 aliphatic heterocycles. The third-order valence-corrected chi connectivity index (χ3v) is 2.87. The number of nitrogens with one attached hydrogen (secondary N) is 1. The van der Waals surface area contributed by atoms with Gasteiger partial charge in [-0.1, -0.05) is 45.0 Å². The Bertz CT molecular complexity index is 294. The predicted molar refractivity (Wildman–Crippen MR) is 73.3 cm³/mol. The molecule has 0 saturated heterocycles. The molecule has 1 rings (SSSR count). The number of rotatable bonds is 8. The van der Waals surface area contributed by atoms with Crippen LogP contribution >= 0.6 is 0 Å². The standard InChI is InChI=1S/C15H25NO/c1-4-10-17-12-14-6-8-15(9-7-14)13(3)11-16-5-2/h6-9,13,16H,4-5,10-12H2,1-3H3. The molecule has 0 aliphatic carbocycles. The maximum atomic E-state index is 5.52. The van der Waals surface area contributed by atoms with Gasteiger partial charge in [-0.2, -0.15) is 0 Å². The van der Waals surface area contributed by atoms with Gasteiger partial charge in [0.05, 0.1) is 6.61 Å². The third kappa shape index (κ3) is 5.33. The fourth-order valence-corrected chi connectivity index (χ4v) is 1.76. The highest BCUT2D eigenvalue weighted by Gasteiger charge is 2.04. The molecule has 0 spiro atoms. The summed E-state index contributed by atoms with van der Waals surface area (Å²) in [7, 11) is 0. The zero-order chi connectivity index (χ0) is 12.5. The van der Waals surface area contributed by atoms with Crippen molar-refractivity contribution in [3.05, 3.63) is 35.4 Å². The highest BCUT2D eigenvalue weighted by atomic mass is 16.5. The molecule has 0 heterocycles. The van der Waals surface area contributed by atoms with E-state index in [9.17, 15) is 0 Å². The van der Waals surface area contributed by atoms with Crippen molar-refractivity contribution in [1.82, 2.24) is 5.32 Å². The van der Waals surface area contributed by atoms with Crippen molar-refractivity contribution in [3.63, 3.8) is 0 Å². The van der Waals surface area contributed by atoms with Gasteiger partial charge in [0, 0.05) is 13.2 Å². The number of likely N-dealkylation sites (N-methyl/N-ethyl adjacent to an activating group) is 1. The summed E-state index contributed by atoms with van der Waals surface area (Å²) in [6.45, 7) is 10.2. The van der Waals surface area contributed by atoms with E-state index in [-0.39, 0.29) is 0 Å². The lowest BCUT2D eigenvalue weighted by atomic mass is 10.00. The SMILES string of the molecule is CCCOCc1ccc(C(C)CNCC)cc1.